The summed E-state index contributed by atoms with van der Waals surface area (Å²) in [7, 11) is -5.78. The zero-order valence-electron chi connectivity index (χ0n) is 17.9. The van der Waals surface area contributed by atoms with Crippen molar-refractivity contribution in [3.8, 4) is 17.2 Å². The molecular weight excluding hydrogens is 408 g/mol. The fourth-order valence-electron chi connectivity index (χ4n) is 3.16. The Morgan fingerprint density at radius 1 is 0.500 bits per heavy atom. The van der Waals surface area contributed by atoms with Crippen molar-refractivity contribution in [2.75, 3.05) is 0 Å². The zero-order chi connectivity index (χ0) is 21.3. The van der Waals surface area contributed by atoms with Gasteiger partial charge in [0.25, 0.3) is 0 Å². The molecule has 0 heterocycles. The molecule has 0 unspecified atom stereocenters. The fraction of sp³-hybridized carbons (Fsp3) is 0.250. The molecule has 158 valence electrons. The Balaban J connectivity index is 1.95. The smallest absolute Gasteiger partial charge is 0.520 e. The predicted molar refractivity (Wildman–Crippen MR) is 125 cm³/mol. The average molecular weight is 439 g/mol. The van der Waals surface area contributed by atoms with Gasteiger partial charge in [-0.15, -0.1) is 0 Å². The summed E-state index contributed by atoms with van der Waals surface area (Å²) in [4.78, 5) is 0. The van der Waals surface area contributed by atoms with E-state index in [1.54, 1.807) is 0 Å². The zero-order valence-corrected chi connectivity index (χ0v) is 19.9. The summed E-state index contributed by atoms with van der Waals surface area (Å²) in [5, 5.41) is 0. The highest BCUT2D eigenvalue weighted by Gasteiger charge is 2.53. The van der Waals surface area contributed by atoms with E-state index >= 15 is 0 Å². The second-order valence-electron chi connectivity index (χ2n) is 7.00. The minimum atomic E-state index is -3.15. The molecule has 3 aromatic carbocycles. The highest BCUT2D eigenvalue weighted by molar-refractivity contribution is 6.79. The first-order valence-corrected chi connectivity index (χ1v) is 14.7. The Morgan fingerprint density at radius 3 is 1.20 bits per heavy atom. The van der Waals surface area contributed by atoms with Crippen molar-refractivity contribution in [3.05, 3.63) is 91.0 Å². The summed E-state index contributed by atoms with van der Waals surface area (Å²) >= 11 is 0. The van der Waals surface area contributed by atoms with Crippen molar-refractivity contribution in [2.24, 2.45) is 0 Å². The van der Waals surface area contributed by atoms with Crippen LogP contribution in [0.4, 0.5) is 0 Å². The van der Waals surface area contributed by atoms with E-state index in [9.17, 15) is 0 Å². The topological polar surface area (TPSA) is 36.9 Å². The van der Waals surface area contributed by atoms with Crippen molar-refractivity contribution >= 4 is 17.4 Å². The minimum Gasteiger partial charge on any atom is -0.520 e. The third kappa shape index (κ3) is 5.75. The molecule has 0 amide bonds. The van der Waals surface area contributed by atoms with E-state index in [2.05, 4.69) is 20.8 Å². The molecular formula is C24H30O4Si2. The van der Waals surface area contributed by atoms with Crippen LogP contribution >= 0.6 is 0 Å². The lowest BCUT2D eigenvalue weighted by atomic mass is 10.3. The van der Waals surface area contributed by atoms with Crippen molar-refractivity contribution in [3.63, 3.8) is 0 Å². The molecule has 0 aliphatic rings. The third-order valence-electron chi connectivity index (χ3n) is 4.93. The third-order valence-corrected chi connectivity index (χ3v) is 12.4. The molecule has 0 radical (unpaired) electrons. The summed E-state index contributed by atoms with van der Waals surface area (Å²) in [5.41, 5.74) is 0. The Morgan fingerprint density at radius 2 is 0.867 bits per heavy atom. The van der Waals surface area contributed by atoms with Gasteiger partial charge in [-0.2, -0.15) is 0 Å². The van der Waals surface area contributed by atoms with Crippen molar-refractivity contribution in [2.45, 2.75) is 38.9 Å². The van der Waals surface area contributed by atoms with Crippen LogP contribution < -0.4 is 13.3 Å². The maximum absolute atomic E-state index is 6.90. The van der Waals surface area contributed by atoms with Crippen LogP contribution in [-0.4, -0.2) is 17.4 Å². The second kappa shape index (κ2) is 10.5. The highest BCUT2D eigenvalue weighted by Crippen LogP contribution is 2.31. The summed E-state index contributed by atoms with van der Waals surface area (Å²) in [5.74, 6) is 2.32. The van der Waals surface area contributed by atoms with Crippen LogP contribution in [0.1, 0.15) is 20.8 Å². The lowest BCUT2D eigenvalue weighted by Crippen LogP contribution is -2.61. The van der Waals surface area contributed by atoms with E-state index in [0.717, 1.165) is 29.3 Å². The number of hydrogen-bond donors (Lipinski definition) is 0. The van der Waals surface area contributed by atoms with E-state index in [1.165, 1.54) is 0 Å². The van der Waals surface area contributed by atoms with Gasteiger partial charge in [0, 0.05) is 6.04 Å². The lowest BCUT2D eigenvalue weighted by molar-refractivity contribution is 0.228. The molecule has 0 saturated heterocycles. The van der Waals surface area contributed by atoms with Gasteiger partial charge in [0.15, 0.2) is 0 Å². The quantitative estimate of drug-likeness (QED) is 0.313. The first-order valence-electron chi connectivity index (χ1n) is 10.5. The fourth-order valence-corrected chi connectivity index (χ4v) is 10.3. The molecule has 0 spiro atoms. The van der Waals surface area contributed by atoms with Gasteiger partial charge in [0.1, 0.15) is 17.2 Å². The lowest BCUT2D eigenvalue weighted by Gasteiger charge is -2.38. The highest BCUT2D eigenvalue weighted by atomic mass is 28.5. The summed E-state index contributed by atoms with van der Waals surface area (Å²) in [6.45, 7) is 6.31. The summed E-state index contributed by atoms with van der Waals surface area (Å²) < 4.78 is 26.4. The van der Waals surface area contributed by atoms with E-state index in [0.29, 0.717) is 6.04 Å². The molecule has 0 N–H and O–H groups in total. The Kier molecular flexibility index (Phi) is 7.73. The molecule has 3 rings (SSSR count). The average Bonchev–Trinajstić information content (AvgIpc) is 2.80. The molecule has 0 aliphatic heterocycles. The van der Waals surface area contributed by atoms with E-state index in [4.69, 9.17) is 17.4 Å². The van der Waals surface area contributed by atoms with Gasteiger partial charge in [0.2, 0.25) is 0 Å². The second-order valence-corrected chi connectivity index (χ2v) is 13.7. The number of para-hydroxylation sites is 3. The summed E-state index contributed by atoms with van der Waals surface area (Å²) in [6.07, 6.45) is 0. The van der Waals surface area contributed by atoms with Gasteiger partial charge in [0.05, 0.1) is 0 Å². The Bertz CT molecular complexity index is 830. The van der Waals surface area contributed by atoms with Gasteiger partial charge in [-0.1, -0.05) is 75.4 Å². The van der Waals surface area contributed by atoms with Gasteiger partial charge >= 0.3 is 17.4 Å². The van der Waals surface area contributed by atoms with Gasteiger partial charge in [-0.3, -0.25) is 0 Å². The van der Waals surface area contributed by atoms with Gasteiger partial charge in [-0.25, -0.2) is 0 Å². The maximum atomic E-state index is 6.90. The monoisotopic (exact) mass is 438 g/mol. The van der Waals surface area contributed by atoms with E-state index in [-0.39, 0.29) is 0 Å². The predicted octanol–water partition coefficient (Wildman–Crippen LogP) is 6.68. The van der Waals surface area contributed by atoms with E-state index < -0.39 is 17.4 Å². The van der Waals surface area contributed by atoms with Gasteiger partial charge < -0.3 is 17.4 Å². The van der Waals surface area contributed by atoms with Crippen LogP contribution in [0.5, 0.6) is 17.2 Å². The normalized spacial score (nSPS) is 11.7. The summed E-state index contributed by atoms with van der Waals surface area (Å²) in [6, 6.07) is 31.6. The molecule has 0 aliphatic carbocycles. The number of rotatable bonds is 11. The van der Waals surface area contributed by atoms with Crippen molar-refractivity contribution in [1.82, 2.24) is 0 Å². The molecule has 0 aromatic heterocycles. The van der Waals surface area contributed by atoms with Crippen molar-refractivity contribution in [1.29, 1.82) is 0 Å². The maximum Gasteiger partial charge on any atom is 0.623 e. The van der Waals surface area contributed by atoms with Crippen LogP contribution in [0, 0.1) is 0 Å². The molecule has 6 heteroatoms. The minimum absolute atomic E-state index is 0.629. The Labute approximate surface area is 182 Å². The van der Waals surface area contributed by atoms with Crippen LogP contribution in [0.25, 0.3) is 0 Å². The first-order chi connectivity index (χ1) is 14.6. The Hall–Kier alpha value is -2.55. The molecule has 4 nitrogen and oxygen atoms in total. The van der Waals surface area contributed by atoms with Crippen LogP contribution in [0.3, 0.4) is 0 Å². The molecule has 0 bridgehead atoms. The SMILES string of the molecule is CC[Si](CC)(Oc1ccccc1)O[Si](CC)(Oc1ccccc1)Oc1ccccc1. The van der Waals surface area contributed by atoms with Crippen molar-refractivity contribution < 1.29 is 17.4 Å². The first kappa shape index (κ1) is 22.1. The largest absolute Gasteiger partial charge is 0.623 e. The van der Waals surface area contributed by atoms with E-state index in [1.807, 2.05) is 91.0 Å². The molecule has 3 aromatic rings. The molecule has 0 saturated carbocycles. The molecule has 0 fully saturated rings. The molecule has 0 atom stereocenters. The standard InChI is InChI=1S/C24H30O4Si2/c1-4-29(5-2,25-22-16-10-7-11-17-22)28-30(6-3,26-23-18-12-8-13-19-23)27-24-20-14-9-15-21-24/h7-21H,4-6H2,1-3H3. The number of hydrogen-bond acceptors (Lipinski definition) is 4. The molecule has 30 heavy (non-hydrogen) atoms. The number of benzene rings is 3. The van der Waals surface area contributed by atoms with Crippen LogP contribution in [0.15, 0.2) is 91.0 Å². The van der Waals surface area contributed by atoms with Gasteiger partial charge in [-0.05, 0) is 48.5 Å². The van der Waals surface area contributed by atoms with Crippen LogP contribution in [-0.2, 0) is 4.12 Å². The van der Waals surface area contributed by atoms with Crippen LogP contribution in [0.2, 0.25) is 18.1 Å².